The Kier molecular flexibility index (Phi) is 16.9. The van der Waals surface area contributed by atoms with Gasteiger partial charge >= 0.3 is 0 Å². The highest BCUT2D eigenvalue weighted by atomic mass is 16.3. The van der Waals surface area contributed by atoms with Gasteiger partial charge in [-0.25, -0.2) is 0 Å². The van der Waals surface area contributed by atoms with Gasteiger partial charge in [0.15, 0.2) is 0 Å². The maximum absolute atomic E-state index is 9.80. The number of hydrogen-bond acceptors (Lipinski definition) is 1. The number of unbranched alkanes of at least 4 members (excludes halogenated alkanes) is 1. The van der Waals surface area contributed by atoms with Crippen LogP contribution in [0.25, 0.3) is 0 Å². The zero-order chi connectivity index (χ0) is 23.6. The van der Waals surface area contributed by atoms with Gasteiger partial charge in [-0.2, -0.15) is 0 Å². The van der Waals surface area contributed by atoms with Gasteiger partial charge in [0.25, 0.3) is 0 Å². The predicted octanol–water partition coefficient (Wildman–Crippen LogP) is 10.5. The molecule has 0 saturated heterocycles. The number of rotatable bonds is 15. The SMILES string of the molecule is CC(C)=CCC/C(C)=C/CC/C(C)=C/CC/C=C(\C)CC/C=C(\C)CCC(O)=C(C)C. The van der Waals surface area contributed by atoms with E-state index in [1.807, 2.05) is 13.8 Å². The minimum Gasteiger partial charge on any atom is -0.512 e. The number of hydrogen-bond donors (Lipinski definition) is 1. The van der Waals surface area contributed by atoms with Crippen LogP contribution >= 0.6 is 0 Å². The Bertz CT molecular complexity index is 684. The average molecular weight is 427 g/mol. The molecule has 0 aromatic carbocycles. The maximum Gasteiger partial charge on any atom is 0.0912 e. The van der Waals surface area contributed by atoms with E-state index in [-0.39, 0.29) is 0 Å². The van der Waals surface area contributed by atoms with E-state index in [2.05, 4.69) is 71.9 Å². The number of aliphatic hydroxyl groups excluding tert-OH is 1. The van der Waals surface area contributed by atoms with Crippen LogP contribution < -0.4 is 0 Å². The van der Waals surface area contributed by atoms with E-state index in [0.717, 1.165) is 50.5 Å². The van der Waals surface area contributed by atoms with E-state index in [1.54, 1.807) is 0 Å². The monoisotopic (exact) mass is 426 g/mol. The molecule has 1 heteroatoms. The molecule has 1 nitrogen and oxygen atoms in total. The summed E-state index contributed by atoms with van der Waals surface area (Å²) in [6, 6.07) is 0. The van der Waals surface area contributed by atoms with Crippen molar-refractivity contribution < 1.29 is 5.11 Å². The van der Waals surface area contributed by atoms with Crippen molar-refractivity contribution in [2.24, 2.45) is 0 Å². The molecule has 31 heavy (non-hydrogen) atoms. The summed E-state index contributed by atoms with van der Waals surface area (Å²) in [7, 11) is 0. The van der Waals surface area contributed by atoms with Crippen LogP contribution in [0.4, 0.5) is 0 Å². The molecule has 0 aliphatic rings. The third-order valence-electron chi connectivity index (χ3n) is 5.64. The zero-order valence-corrected chi connectivity index (χ0v) is 21.9. The van der Waals surface area contributed by atoms with Gasteiger partial charge in [-0.1, -0.05) is 58.2 Å². The molecule has 1 N–H and O–H groups in total. The van der Waals surface area contributed by atoms with Gasteiger partial charge in [-0.15, -0.1) is 0 Å². The standard InChI is InChI=1S/C30H50O/c1-24(2)14-11-17-28(7)20-12-18-26(5)15-9-10-16-27(6)19-13-21-29(8)22-23-30(31)25(3)4/h14-16,20-21,31H,9-13,17-19,22-23H2,1-8H3/b26-15+,27-16+,28-20+,29-21+. The fourth-order valence-electron chi connectivity index (χ4n) is 3.31. The second kappa shape index (κ2) is 17.9. The van der Waals surface area contributed by atoms with Crippen LogP contribution in [0, 0.1) is 0 Å². The fourth-order valence-corrected chi connectivity index (χ4v) is 3.31. The highest BCUT2D eigenvalue weighted by molar-refractivity contribution is 5.09. The molecule has 176 valence electrons. The van der Waals surface area contributed by atoms with E-state index in [9.17, 15) is 5.11 Å². The van der Waals surface area contributed by atoms with Crippen LogP contribution in [0.15, 0.2) is 69.6 Å². The summed E-state index contributed by atoms with van der Waals surface area (Å²) in [5, 5.41) is 9.80. The Morgan fingerprint density at radius 1 is 0.452 bits per heavy atom. The normalized spacial score (nSPS) is 13.4. The van der Waals surface area contributed by atoms with Crippen molar-refractivity contribution in [2.75, 3.05) is 0 Å². The van der Waals surface area contributed by atoms with E-state index < -0.39 is 0 Å². The van der Waals surface area contributed by atoms with E-state index in [4.69, 9.17) is 0 Å². The Morgan fingerprint density at radius 3 is 1.19 bits per heavy atom. The van der Waals surface area contributed by atoms with Gasteiger partial charge in [0.05, 0.1) is 5.76 Å². The van der Waals surface area contributed by atoms with Crippen LogP contribution in [0.1, 0.15) is 120 Å². The van der Waals surface area contributed by atoms with Gasteiger partial charge < -0.3 is 5.11 Å². The minimum atomic E-state index is 0.540. The van der Waals surface area contributed by atoms with E-state index in [0.29, 0.717) is 5.76 Å². The van der Waals surface area contributed by atoms with Gasteiger partial charge in [0.2, 0.25) is 0 Å². The summed E-state index contributed by atoms with van der Waals surface area (Å²) >= 11 is 0. The highest BCUT2D eigenvalue weighted by Gasteiger charge is 1.98. The fraction of sp³-hybridized carbons (Fsp3) is 0.600. The molecular weight excluding hydrogens is 376 g/mol. The molecule has 0 aliphatic carbocycles. The zero-order valence-electron chi connectivity index (χ0n) is 21.9. The molecule has 0 radical (unpaired) electrons. The first-order chi connectivity index (χ1) is 14.6. The lowest BCUT2D eigenvalue weighted by atomic mass is 10.0. The quantitative estimate of drug-likeness (QED) is 0.157. The predicted molar refractivity (Wildman–Crippen MR) is 142 cm³/mol. The van der Waals surface area contributed by atoms with Gasteiger partial charge in [-0.3, -0.25) is 0 Å². The Balaban J connectivity index is 4.11. The molecule has 0 rings (SSSR count). The Labute approximate surface area is 194 Å². The van der Waals surface area contributed by atoms with Gasteiger partial charge in [0, 0.05) is 6.42 Å². The molecular formula is C30H50O. The molecule has 0 aliphatic heterocycles. The van der Waals surface area contributed by atoms with Crippen molar-refractivity contribution in [2.45, 2.75) is 120 Å². The minimum absolute atomic E-state index is 0.540. The van der Waals surface area contributed by atoms with Gasteiger partial charge in [-0.05, 0) is 119 Å². The van der Waals surface area contributed by atoms with Crippen LogP contribution in [0.5, 0.6) is 0 Å². The molecule has 0 unspecified atom stereocenters. The summed E-state index contributed by atoms with van der Waals surface area (Å²) < 4.78 is 0. The van der Waals surface area contributed by atoms with Crippen LogP contribution in [0.3, 0.4) is 0 Å². The average Bonchev–Trinajstić information content (AvgIpc) is 2.69. The van der Waals surface area contributed by atoms with Gasteiger partial charge in [0.1, 0.15) is 0 Å². The lowest BCUT2D eigenvalue weighted by Crippen LogP contribution is -1.87. The van der Waals surface area contributed by atoms with Crippen molar-refractivity contribution in [3.63, 3.8) is 0 Å². The molecule has 0 atom stereocenters. The molecule has 0 heterocycles. The first-order valence-electron chi connectivity index (χ1n) is 12.2. The van der Waals surface area contributed by atoms with Crippen molar-refractivity contribution in [3.05, 3.63) is 69.6 Å². The van der Waals surface area contributed by atoms with E-state index >= 15 is 0 Å². The largest absolute Gasteiger partial charge is 0.512 e. The highest BCUT2D eigenvalue weighted by Crippen LogP contribution is 2.16. The van der Waals surface area contributed by atoms with Crippen molar-refractivity contribution in [1.82, 2.24) is 0 Å². The smallest absolute Gasteiger partial charge is 0.0912 e. The Hall–Kier alpha value is -1.76. The first-order valence-corrected chi connectivity index (χ1v) is 12.2. The third kappa shape index (κ3) is 18.7. The van der Waals surface area contributed by atoms with Crippen LogP contribution in [-0.2, 0) is 0 Å². The Morgan fingerprint density at radius 2 is 0.806 bits per heavy atom. The second-order valence-corrected chi connectivity index (χ2v) is 9.62. The van der Waals surface area contributed by atoms with Crippen LogP contribution in [0.2, 0.25) is 0 Å². The molecule has 0 aromatic rings. The number of aliphatic hydroxyl groups is 1. The van der Waals surface area contributed by atoms with Crippen LogP contribution in [-0.4, -0.2) is 5.11 Å². The molecule has 0 aromatic heterocycles. The van der Waals surface area contributed by atoms with Crippen molar-refractivity contribution in [1.29, 1.82) is 0 Å². The maximum atomic E-state index is 9.80. The summed E-state index contributed by atoms with van der Waals surface area (Å²) in [6.45, 7) is 17.2. The second-order valence-electron chi connectivity index (χ2n) is 9.62. The lowest BCUT2D eigenvalue weighted by molar-refractivity contribution is 0.381. The summed E-state index contributed by atoms with van der Waals surface area (Å²) in [5.74, 6) is 0.540. The topological polar surface area (TPSA) is 20.2 Å². The molecule has 0 bridgehead atoms. The summed E-state index contributed by atoms with van der Waals surface area (Å²) in [4.78, 5) is 0. The van der Waals surface area contributed by atoms with Crippen molar-refractivity contribution >= 4 is 0 Å². The summed E-state index contributed by atoms with van der Waals surface area (Å²) in [6.07, 6.45) is 22.8. The molecule has 0 spiro atoms. The molecule has 0 amide bonds. The molecule has 0 saturated carbocycles. The molecule has 0 fully saturated rings. The number of allylic oxidation sites excluding steroid dienone is 12. The van der Waals surface area contributed by atoms with Crippen molar-refractivity contribution in [3.8, 4) is 0 Å². The lowest BCUT2D eigenvalue weighted by Gasteiger charge is -2.04. The summed E-state index contributed by atoms with van der Waals surface area (Å²) in [5.41, 5.74) is 8.33. The van der Waals surface area contributed by atoms with E-state index in [1.165, 1.54) is 47.1 Å². The first kappa shape index (κ1) is 29.2. The third-order valence-corrected chi connectivity index (χ3v) is 5.64.